The van der Waals surface area contributed by atoms with Crippen molar-refractivity contribution in [1.29, 1.82) is 0 Å². The fraction of sp³-hybridized carbons (Fsp3) is 0.429. The van der Waals surface area contributed by atoms with Crippen molar-refractivity contribution in [3.63, 3.8) is 0 Å². The van der Waals surface area contributed by atoms with Crippen molar-refractivity contribution in [2.45, 2.75) is 44.8 Å². The molecule has 6 heteroatoms. The lowest BCUT2D eigenvalue weighted by atomic mass is 9.93. The molecule has 0 spiro atoms. The fourth-order valence-corrected chi connectivity index (χ4v) is 2.96. The first-order chi connectivity index (χ1) is 12.9. The van der Waals surface area contributed by atoms with Crippen molar-refractivity contribution >= 4 is 11.9 Å². The smallest absolute Gasteiger partial charge is 0.342 e. The Morgan fingerprint density at radius 1 is 1.37 bits per heavy atom. The number of rotatable bonds is 3. The normalized spacial score (nSPS) is 25.0. The number of hydrogen-bond acceptors (Lipinski definition) is 6. The minimum absolute atomic E-state index is 0.00453. The van der Waals surface area contributed by atoms with Crippen LogP contribution in [0.3, 0.4) is 0 Å². The molecule has 2 rings (SSSR count). The number of hydrogen-bond donors (Lipinski definition) is 2. The summed E-state index contributed by atoms with van der Waals surface area (Å²) in [4.78, 5) is 23.9. The molecule has 0 saturated carbocycles. The van der Waals surface area contributed by atoms with Crippen LogP contribution in [-0.4, -0.2) is 41.5 Å². The van der Waals surface area contributed by atoms with Crippen LogP contribution in [0.2, 0.25) is 0 Å². The highest BCUT2D eigenvalue weighted by atomic mass is 16.5. The van der Waals surface area contributed by atoms with Crippen LogP contribution in [0.4, 0.5) is 0 Å². The number of cyclic esters (lactones) is 1. The number of methoxy groups -OCH3 is 1. The Morgan fingerprint density at radius 3 is 2.89 bits per heavy atom. The molecule has 146 valence electrons. The van der Waals surface area contributed by atoms with E-state index in [4.69, 9.17) is 4.74 Å². The lowest BCUT2D eigenvalue weighted by Crippen LogP contribution is -2.28. The summed E-state index contributed by atoms with van der Waals surface area (Å²) in [5, 5.41) is 20.6. The molecule has 0 bridgehead atoms. The molecule has 0 amide bonds. The number of carbonyl (C=O) groups is 2. The zero-order valence-electron chi connectivity index (χ0n) is 15.6. The second kappa shape index (κ2) is 9.92. The summed E-state index contributed by atoms with van der Waals surface area (Å²) >= 11 is 0. The van der Waals surface area contributed by atoms with Gasteiger partial charge >= 0.3 is 11.9 Å². The van der Waals surface area contributed by atoms with Crippen LogP contribution in [0.5, 0.6) is 5.75 Å². The van der Waals surface area contributed by atoms with Gasteiger partial charge in [-0.15, -0.1) is 0 Å². The number of carbonyl (C=O) groups excluding carboxylic acids is 2. The Bertz CT molecular complexity index is 721. The lowest BCUT2D eigenvalue weighted by molar-refractivity contribution is -0.134. The molecule has 0 aromatic heterocycles. The van der Waals surface area contributed by atoms with Gasteiger partial charge in [0, 0.05) is 18.9 Å². The number of benzene rings is 1. The summed E-state index contributed by atoms with van der Waals surface area (Å²) in [6.07, 6.45) is 7.07. The highest BCUT2D eigenvalue weighted by Gasteiger charge is 2.25. The molecule has 0 aliphatic carbocycles. The highest BCUT2D eigenvalue weighted by molar-refractivity contribution is 5.94. The summed E-state index contributed by atoms with van der Waals surface area (Å²) in [6.45, 7) is 1.93. The predicted octanol–water partition coefficient (Wildman–Crippen LogP) is 2.93. The van der Waals surface area contributed by atoms with Crippen LogP contribution in [0.15, 0.2) is 42.5 Å². The first kappa shape index (κ1) is 20.7. The van der Waals surface area contributed by atoms with E-state index >= 15 is 0 Å². The molecule has 27 heavy (non-hydrogen) atoms. The molecule has 2 N–H and O–H groups in total. The Balaban J connectivity index is 2.29. The van der Waals surface area contributed by atoms with Crippen LogP contribution in [0.1, 0.15) is 42.1 Å². The van der Waals surface area contributed by atoms with E-state index in [1.54, 1.807) is 18.2 Å². The number of ether oxygens (including phenoxy) is 2. The van der Waals surface area contributed by atoms with Crippen molar-refractivity contribution in [2.75, 3.05) is 7.11 Å². The van der Waals surface area contributed by atoms with Gasteiger partial charge in [-0.25, -0.2) is 9.59 Å². The van der Waals surface area contributed by atoms with E-state index in [1.807, 2.05) is 19.1 Å². The third kappa shape index (κ3) is 5.96. The largest absolute Gasteiger partial charge is 0.507 e. The number of aliphatic hydroxyl groups is 1. The second-order valence-corrected chi connectivity index (χ2v) is 6.69. The quantitative estimate of drug-likeness (QED) is 0.480. The molecule has 1 heterocycles. The summed E-state index contributed by atoms with van der Waals surface area (Å²) < 4.78 is 10.1. The van der Waals surface area contributed by atoms with Crippen molar-refractivity contribution in [2.24, 2.45) is 5.92 Å². The van der Waals surface area contributed by atoms with Crippen molar-refractivity contribution in [1.82, 2.24) is 0 Å². The third-order valence-electron chi connectivity index (χ3n) is 4.63. The predicted molar refractivity (Wildman–Crippen MR) is 100 cm³/mol. The zero-order valence-corrected chi connectivity index (χ0v) is 15.6. The molecule has 3 unspecified atom stereocenters. The summed E-state index contributed by atoms with van der Waals surface area (Å²) in [7, 11) is 1.28. The molecule has 1 aliphatic rings. The van der Waals surface area contributed by atoms with Crippen LogP contribution < -0.4 is 0 Å². The first-order valence-electron chi connectivity index (χ1n) is 9.01. The topological polar surface area (TPSA) is 93.1 Å². The van der Waals surface area contributed by atoms with Crippen LogP contribution in [-0.2, 0) is 20.7 Å². The molecule has 3 atom stereocenters. The molecular formula is C21H26O6. The number of allylic oxidation sites excluding steroid dienone is 2. The van der Waals surface area contributed by atoms with E-state index in [1.165, 1.54) is 19.3 Å². The van der Waals surface area contributed by atoms with Crippen LogP contribution >= 0.6 is 0 Å². The standard InChI is InChI=1S/C21H26O6/c1-14-7-3-4-8-15-9-5-11-17(22)20(15)21(25)27-16(13-18(14)23)10-6-12-19(24)26-2/h3-6,9,11-12,14,16,18,22-23H,7-8,10,13H2,1-2H3/b4-3+,12-6+. The van der Waals surface area contributed by atoms with Crippen molar-refractivity contribution in [3.8, 4) is 5.75 Å². The van der Waals surface area contributed by atoms with Gasteiger partial charge in [0.1, 0.15) is 17.4 Å². The Hall–Kier alpha value is -2.60. The summed E-state index contributed by atoms with van der Waals surface area (Å²) in [6, 6.07) is 4.90. The van der Waals surface area contributed by atoms with E-state index in [9.17, 15) is 19.8 Å². The SMILES string of the molecule is COC(=O)/C=C/CC1CC(O)C(C)C/C=C/Cc2cccc(O)c2C(=O)O1. The molecule has 1 aromatic rings. The van der Waals surface area contributed by atoms with Crippen molar-refractivity contribution < 1.29 is 29.3 Å². The molecule has 0 saturated heterocycles. The van der Waals surface area contributed by atoms with E-state index in [0.29, 0.717) is 18.4 Å². The van der Waals surface area contributed by atoms with E-state index < -0.39 is 24.1 Å². The van der Waals surface area contributed by atoms with Crippen molar-refractivity contribution in [3.05, 3.63) is 53.6 Å². The number of esters is 2. The third-order valence-corrected chi connectivity index (χ3v) is 4.63. The lowest BCUT2D eigenvalue weighted by Gasteiger charge is -2.24. The molecular weight excluding hydrogens is 348 g/mol. The fourth-order valence-electron chi connectivity index (χ4n) is 2.96. The molecule has 1 aliphatic heterocycles. The van der Waals surface area contributed by atoms with Gasteiger partial charge in [-0.1, -0.05) is 37.3 Å². The number of phenolic OH excluding ortho intramolecular Hbond substituents is 1. The van der Waals surface area contributed by atoms with E-state index in [2.05, 4.69) is 4.74 Å². The van der Waals surface area contributed by atoms with E-state index in [-0.39, 0.29) is 30.1 Å². The van der Waals surface area contributed by atoms with Gasteiger partial charge in [0.15, 0.2) is 0 Å². The second-order valence-electron chi connectivity index (χ2n) is 6.69. The van der Waals surface area contributed by atoms with Gasteiger partial charge in [0.25, 0.3) is 0 Å². The first-order valence-corrected chi connectivity index (χ1v) is 9.01. The minimum atomic E-state index is -0.665. The Labute approximate surface area is 159 Å². The highest BCUT2D eigenvalue weighted by Crippen LogP contribution is 2.26. The summed E-state index contributed by atoms with van der Waals surface area (Å²) in [5.41, 5.74) is 0.807. The maximum atomic E-state index is 12.7. The van der Waals surface area contributed by atoms with Crippen LogP contribution in [0, 0.1) is 5.92 Å². The summed E-state index contributed by atoms with van der Waals surface area (Å²) in [5.74, 6) is -1.29. The number of aromatic hydroxyl groups is 1. The zero-order chi connectivity index (χ0) is 19.8. The van der Waals surface area contributed by atoms with E-state index in [0.717, 1.165) is 0 Å². The Morgan fingerprint density at radius 2 is 2.15 bits per heavy atom. The van der Waals surface area contributed by atoms with Gasteiger partial charge in [-0.3, -0.25) is 0 Å². The van der Waals surface area contributed by atoms with Gasteiger partial charge < -0.3 is 19.7 Å². The monoisotopic (exact) mass is 374 g/mol. The molecule has 1 aromatic carbocycles. The molecule has 0 fully saturated rings. The Kier molecular flexibility index (Phi) is 7.61. The van der Waals surface area contributed by atoms with Gasteiger partial charge in [-0.05, 0) is 30.4 Å². The number of phenols is 1. The van der Waals surface area contributed by atoms with Gasteiger partial charge in [-0.2, -0.15) is 0 Å². The molecule has 0 radical (unpaired) electrons. The minimum Gasteiger partial charge on any atom is -0.507 e. The maximum Gasteiger partial charge on any atom is 0.342 e. The average molecular weight is 374 g/mol. The average Bonchev–Trinajstić information content (AvgIpc) is 2.63. The van der Waals surface area contributed by atoms with Gasteiger partial charge in [0.2, 0.25) is 0 Å². The van der Waals surface area contributed by atoms with Gasteiger partial charge in [0.05, 0.1) is 13.2 Å². The maximum absolute atomic E-state index is 12.7. The van der Waals surface area contributed by atoms with Crippen LogP contribution in [0.25, 0.3) is 0 Å². The molecule has 6 nitrogen and oxygen atoms in total. The number of fused-ring (bicyclic) bond motifs is 1. The number of aliphatic hydroxyl groups excluding tert-OH is 1.